The van der Waals surface area contributed by atoms with Crippen molar-refractivity contribution in [2.24, 2.45) is 0 Å². The molecule has 1 heterocycles. The number of esters is 3. The standard InChI is InChI=1S/C39H46O15/c1-8-18-46-30-15-12-28(23-32(30)47-19-9-2)17-21-48-38-37(52-26(5)41)36(51-25(4)40)35(33(53-38)24-50-39(43)49-20-10-3)54-34(42)16-13-27-11-14-29(44-6)31(22-27)45-7/h8-16,22-23,33,35-38H,1-3,17-21,24H2,4-7H3/t33-,35-,36+,37-,38-/m1/s1. The molecule has 2 aromatic rings. The molecule has 0 radical (unpaired) electrons. The van der Waals surface area contributed by atoms with Crippen LogP contribution in [0, 0.1) is 0 Å². The van der Waals surface area contributed by atoms with Gasteiger partial charge < -0.3 is 52.1 Å². The lowest BCUT2D eigenvalue weighted by atomic mass is 9.98. The summed E-state index contributed by atoms with van der Waals surface area (Å²) in [6, 6.07) is 10.3. The smallest absolute Gasteiger partial charge is 0.493 e. The molecular formula is C39H46O15. The van der Waals surface area contributed by atoms with Gasteiger partial charge in [0.05, 0.1) is 20.8 Å². The van der Waals surface area contributed by atoms with Crippen molar-refractivity contribution in [3.8, 4) is 23.0 Å². The molecular weight excluding hydrogens is 708 g/mol. The quantitative estimate of drug-likeness (QED) is 0.0726. The van der Waals surface area contributed by atoms with Crippen molar-refractivity contribution < 1.29 is 71.3 Å². The van der Waals surface area contributed by atoms with Gasteiger partial charge in [0, 0.05) is 19.9 Å². The Bertz CT molecular complexity index is 1630. The minimum Gasteiger partial charge on any atom is -0.493 e. The monoisotopic (exact) mass is 754 g/mol. The summed E-state index contributed by atoms with van der Waals surface area (Å²) < 4.78 is 61.3. The van der Waals surface area contributed by atoms with E-state index in [1.807, 2.05) is 6.07 Å². The van der Waals surface area contributed by atoms with E-state index in [0.29, 0.717) is 35.0 Å². The normalized spacial score (nSPS) is 19.1. The zero-order valence-corrected chi connectivity index (χ0v) is 30.7. The molecule has 1 aliphatic rings. The van der Waals surface area contributed by atoms with Crippen LogP contribution in [-0.4, -0.2) is 102 Å². The fraction of sp³-hybridized carbons (Fsp3) is 0.385. The molecule has 2 aromatic carbocycles. The maximum absolute atomic E-state index is 13.3. The van der Waals surface area contributed by atoms with Crippen molar-refractivity contribution in [3.63, 3.8) is 0 Å². The van der Waals surface area contributed by atoms with Gasteiger partial charge in [0.2, 0.25) is 0 Å². The van der Waals surface area contributed by atoms with Gasteiger partial charge in [-0.05, 0) is 47.9 Å². The molecule has 0 aliphatic carbocycles. The van der Waals surface area contributed by atoms with Crippen LogP contribution in [0.15, 0.2) is 80.4 Å². The molecule has 0 N–H and O–H groups in total. The molecule has 0 amide bonds. The zero-order valence-electron chi connectivity index (χ0n) is 30.7. The Morgan fingerprint density at radius 2 is 1.37 bits per heavy atom. The summed E-state index contributed by atoms with van der Waals surface area (Å²) in [5.41, 5.74) is 1.35. The molecule has 1 saturated heterocycles. The predicted octanol–water partition coefficient (Wildman–Crippen LogP) is 4.95. The van der Waals surface area contributed by atoms with E-state index in [0.717, 1.165) is 25.5 Å². The van der Waals surface area contributed by atoms with Gasteiger partial charge in [0.15, 0.2) is 47.6 Å². The van der Waals surface area contributed by atoms with Crippen molar-refractivity contribution in [2.75, 3.05) is 47.3 Å². The Morgan fingerprint density at radius 3 is 2.02 bits per heavy atom. The maximum atomic E-state index is 13.3. The Morgan fingerprint density at radius 1 is 0.722 bits per heavy atom. The van der Waals surface area contributed by atoms with E-state index in [4.69, 9.17) is 52.1 Å². The molecule has 1 aliphatic heterocycles. The van der Waals surface area contributed by atoms with Crippen molar-refractivity contribution in [3.05, 3.63) is 91.6 Å². The predicted molar refractivity (Wildman–Crippen MR) is 193 cm³/mol. The Kier molecular flexibility index (Phi) is 17.6. The maximum Gasteiger partial charge on any atom is 0.508 e. The van der Waals surface area contributed by atoms with Gasteiger partial charge in [-0.25, -0.2) is 9.59 Å². The highest BCUT2D eigenvalue weighted by Gasteiger charge is 2.53. The van der Waals surface area contributed by atoms with Gasteiger partial charge in [-0.3, -0.25) is 9.59 Å². The van der Waals surface area contributed by atoms with Crippen LogP contribution in [-0.2, 0) is 54.0 Å². The van der Waals surface area contributed by atoms with E-state index < -0.39 is 61.4 Å². The highest BCUT2D eigenvalue weighted by molar-refractivity contribution is 5.87. The van der Waals surface area contributed by atoms with Crippen molar-refractivity contribution in [1.82, 2.24) is 0 Å². The summed E-state index contributed by atoms with van der Waals surface area (Å²) in [6.45, 7) is 12.9. The minimum absolute atomic E-state index is 0.00352. The van der Waals surface area contributed by atoms with Gasteiger partial charge in [-0.1, -0.05) is 50.1 Å². The van der Waals surface area contributed by atoms with Gasteiger partial charge >= 0.3 is 24.1 Å². The van der Waals surface area contributed by atoms with Crippen LogP contribution < -0.4 is 18.9 Å². The van der Waals surface area contributed by atoms with E-state index in [1.165, 1.54) is 26.4 Å². The largest absolute Gasteiger partial charge is 0.508 e. The van der Waals surface area contributed by atoms with Crippen molar-refractivity contribution in [2.45, 2.75) is 51.0 Å². The first-order chi connectivity index (χ1) is 26.0. The zero-order chi connectivity index (χ0) is 39.5. The third kappa shape index (κ3) is 13.3. The Hall–Kier alpha value is -5.80. The number of carbonyl (C=O) groups excluding carboxylic acids is 4. The summed E-state index contributed by atoms with van der Waals surface area (Å²) in [6.07, 6.45) is -0.708. The molecule has 0 aromatic heterocycles. The molecule has 15 heteroatoms. The van der Waals surface area contributed by atoms with Crippen molar-refractivity contribution in [1.29, 1.82) is 0 Å². The SMILES string of the molecule is C=CCOC(=O)OC[C@H]1O[C@@H](OCCc2ccc(OCC=C)c(OCC=C)c2)[C@H](OC(C)=O)[C@@H](OC(C)=O)[C@@H]1OC(=O)C=Cc1ccc(OC)c(OC)c1. The second-order valence-corrected chi connectivity index (χ2v) is 11.3. The van der Waals surface area contributed by atoms with Crippen LogP contribution >= 0.6 is 0 Å². The molecule has 0 bridgehead atoms. The second kappa shape index (κ2) is 22.3. The number of rotatable bonds is 21. The first-order valence-electron chi connectivity index (χ1n) is 16.8. The average Bonchev–Trinajstić information content (AvgIpc) is 3.15. The van der Waals surface area contributed by atoms with Gasteiger partial charge in [0.1, 0.15) is 32.5 Å². The number of methoxy groups -OCH3 is 2. The third-order valence-corrected chi connectivity index (χ3v) is 7.35. The fourth-order valence-electron chi connectivity index (χ4n) is 5.08. The van der Waals surface area contributed by atoms with E-state index in [2.05, 4.69) is 19.7 Å². The van der Waals surface area contributed by atoms with E-state index in [9.17, 15) is 19.2 Å². The fourth-order valence-corrected chi connectivity index (χ4v) is 5.08. The molecule has 0 spiro atoms. The summed E-state index contributed by atoms with van der Waals surface area (Å²) >= 11 is 0. The number of hydrogen-bond acceptors (Lipinski definition) is 15. The van der Waals surface area contributed by atoms with Crippen LogP contribution in [0.25, 0.3) is 6.08 Å². The highest BCUT2D eigenvalue weighted by atomic mass is 16.8. The van der Waals surface area contributed by atoms with Crippen molar-refractivity contribution >= 4 is 30.1 Å². The number of benzene rings is 2. The molecule has 3 rings (SSSR count). The molecule has 292 valence electrons. The lowest BCUT2D eigenvalue weighted by molar-refractivity contribution is -0.307. The van der Waals surface area contributed by atoms with Gasteiger partial charge in [-0.2, -0.15) is 0 Å². The second-order valence-electron chi connectivity index (χ2n) is 11.3. The van der Waals surface area contributed by atoms with Crippen LogP contribution in [0.1, 0.15) is 25.0 Å². The van der Waals surface area contributed by atoms with E-state index in [1.54, 1.807) is 42.5 Å². The molecule has 15 nitrogen and oxygen atoms in total. The van der Waals surface area contributed by atoms with E-state index in [-0.39, 0.29) is 26.4 Å². The summed E-state index contributed by atoms with van der Waals surface area (Å²) in [5, 5.41) is 0. The Labute approximate surface area is 313 Å². The number of hydrogen-bond donors (Lipinski definition) is 0. The molecule has 5 atom stereocenters. The van der Waals surface area contributed by atoms with Crippen LogP contribution in [0.5, 0.6) is 23.0 Å². The first kappa shape index (κ1) is 42.6. The van der Waals surface area contributed by atoms with Crippen LogP contribution in [0.3, 0.4) is 0 Å². The molecule has 1 fully saturated rings. The molecule has 0 unspecified atom stereocenters. The molecule has 54 heavy (non-hydrogen) atoms. The Balaban J connectivity index is 1.90. The molecule has 0 saturated carbocycles. The lowest BCUT2D eigenvalue weighted by Gasteiger charge is -2.44. The van der Waals surface area contributed by atoms with Crippen LogP contribution in [0.4, 0.5) is 4.79 Å². The summed E-state index contributed by atoms with van der Waals surface area (Å²) in [7, 11) is 2.96. The lowest BCUT2D eigenvalue weighted by Crippen LogP contribution is -2.63. The van der Waals surface area contributed by atoms with Gasteiger partial charge in [-0.15, -0.1) is 0 Å². The van der Waals surface area contributed by atoms with Crippen LogP contribution in [0.2, 0.25) is 0 Å². The first-order valence-corrected chi connectivity index (χ1v) is 16.8. The summed E-state index contributed by atoms with van der Waals surface area (Å²) in [4.78, 5) is 50.3. The topological polar surface area (TPSA) is 170 Å². The van der Waals surface area contributed by atoms with E-state index >= 15 is 0 Å². The average molecular weight is 755 g/mol. The summed E-state index contributed by atoms with van der Waals surface area (Å²) in [5.74, 6) is -0.574. The number of ether oxygens (including phenoxy) is 11. The third-order valence-electron chi connectivity index (χ3n) is 7.35. The van der Waals surface area contributed by atoms with Gasteiger partial charge in [0.25, 0.3) is 0 Å². The highest BCUT2D eigenvalue weighted by Crippen LogP contribution is 2.32. The minimum atomic E-state index is -1.47. The number of carbonyl (C=O) groups is 4.